The maximum absolute atomic E-state index is 11.3. The second kappa shape index (κ2) is 8.29. The number of carbonyl (C=O) groups is 1. The van der Waals surface area contributed by atoms with Gasteiger partial charge in [0.2, 0.25) is 5.84 Å². The molecule has 1 heterocycles. The van der Waals surface area contributed by atoms with Crippen LogP contribution in [0.25, 0.3) is 0 Å². The molecular formula is C19H15N5O2. The van der Waals surface area contributed by atoms with Gasteiger partial charge < -0.3 is 5.11 Å². The number of anilines is 1. The van der Waals surface area contributed by atoms with Crippen LogP contribution in [0.4, 0.5) is 11.5 Å². The molecule has 0 aliphatic carbocycles. The molecule has 26 heavy (non-hydrogen) atoms. The third-order valence-corrected chi connectivity index (χ3v) is 3.37. The van der Waals surface area contributed by atoms with Crippen molar-refractivity contribution in [3.63, 3.8) is 0 Å². The lowest BCUT2D eigenvalue weighted by Gasteiger charge is -2.06. The van der Waals surface area contributed by atoms with Gasteiger partial charge in [0, 0.05) is 11.8 Å². The highest BCUT2D eigenvalue weighted by atomic mass is 16.4. The first kappa shape index (κ1) is 17.0. The van der Waals surface area contributed by atoms with Crippen LogP contribution in [0, 0.1) is 0 Å². The molecule has 1 aromatic heterocycles. The minimum absolute atomic E-state index is 0.116. The third kappa shape index (κ3) is 4.35. The van der Waals surface area contributed by atoms with E-state index in [0.29, 0.717) is 17.3 Å². The Labute approximate surface area is 149 Å². The molecule has 0 aliphatic rings. The standard InChI is InChI=1S/C19H15N5O2/c25-19(26)15-10-4-5-11-16(15)21-23-18(14-8-2-1-3-9-14)24-22-17-12-6-7-13-20-17/h1-13,21H,(H,25,26)/b23-18+,24-22?. The number of benzene rings is 2. The summed E-state index contributed by atoms with van der Waals surface area (Å²) >= 11 is 0. The Bertz CT molecular complexity index is 940. The van der Waals surface area contributed by atoms with Crippen molar-refractivity contribution in [2.45, 2.75) is 0 Å². The zero-order valence-electron chi connectivity index (χ0n) is 13.6. The molecule has 7 nitrogen and oxygen atoms in total. The number of aromatic carboxylic acids is 1. The van der Waals surface area contributed by atoms with E-state index in [1.165, 1.54) is 6.07 Å². The summed E-state index contributed by atoms with van der Waals surface area (Å²) in [5.41, 5.74) is 3.97. The van der Waals surface area contributed by atoms with Crippen LogP contribution < -0.4 is 5.43 Å². The molecule has 0 saturated heterocycles. The van der Waals surface area contributed by atoms with Gasteiger partial charge in [0.05, 0.1) is 11.3 Å². The number of hydrazone groups is 1. The van der Waals surface area contributed by atoms with E-state index in [-0.39, 0.29) is 5.56 Å². The normalized spacial score (nSPS) is 11.5. The smallest absolute Gasteiger partial charge is 0.337 e. The first-order valence-electron chi connectivity index (χ1n) is 7.78. The minimum Gasteiger partial charge on any atom is -0.478 e. The van der Waals surface area contributed by atoms with Gasteiger partial charge in [-0.15, -0.1) is 10.2 Å². The minimum atomic E-state index is -1.04. The van der Waals surface area contributed by atoms with Crippen molar-refractivity contribution in [1.29, 1.82) is 0 Å². The summed E-state index contributed by atoms with van der Waals surface area (Å²) in [7, 11) is 0. The summed E-state index contributed by atoms with van der Waals surface area (Å²) in [6.45, 7) is 0. The van der Waals surface area contributed by atoms with Crippen molar-refractivity contribution in [3.8, 4) is 0 Å². The number of nitrogens with zero attached hydrogens (tertiary/aromatic N) is 4. The molecule has 0 aliphatic heterocycles. The molecule has 0 unspecified atom stereocenters. The number of hydrogen-bond acceptors (Lipinski definition) is 5. The zero-order valence-corrected chi connectivity index (χ0v) is 13.6. The molecule has 7 heteroatoms. The van der Waals surface area contributed by atoms with Crippen LogP contribution in [-0.4, -0.2) is 21.9 Å². The molecule has 2 N–H and O–H groups in total. The average Bonchev–Trinajstić information content (AvgIpc) is 2.69. The van der Waals surface area contributed by atoms with Gasteiger partial charge in [-0.25, -0.2) is 9.78 Å². The van der Waals surface area contributed by atoms with Gasteiger partial charge in [-0.3, -0.25) is 5.43 Å². The van der Waals surface area contributed by atoms with E-state index in [1.807, 2.05) is 36.4 Å². The van der Waals surface area contributed by atoms with Crippen LogP contribution >= 0.6 is 0 Å². The zero-order chi connectivity index (χ0) is 18.2. The summed E-state index contributed by atoms with van der Waals surface area (Å²) in [6.07, 6.45) is 1.62. The van der Waals surface area contributed by atoms with Crippen LogP contribution in [0.5, 0.6) is 0 Å². The maximum atomic E-state index is 11.3. The Balaban J connectivity index is 1.92. The molecule has 0 bridgehead atoms. The molecule has 0 atom stereocenters. The summed E-state index contributed by atoms with van der Waals surface area (Å²) < 4.78 is 0. The molecule has 0 spiro atoms. The lowest BCUT2D eigenvalue weighted by atomic mass is 10.2. The Hall–Kier alpha value is -3.87. The lowest BCUT2D eigenvalue weighted by molar-refractivity contribution is 0.0698. The van der Waals surface area contributed by atoms with Crippen molar-refractivity contribution in [2.75, 3.05) is 5.43 Å². The predicted molar refractivity (Wildman–Crippen MR) is 98.8 cm³/mol. The van der Waals surface area contributed by atoms with Gasteiger partial charge in [0.1, 0.15) is 0 Å². The lowest BCUT2D eigenvalue weighted by Crippen LogP contribution is -2.05. The largest absolute Gasteiger partial charge is 0.478 e. The fourth-order valence-corrected chi connectivity index (χ4v) is 2.12. The van der Waals surface area contributed by atoms with Crippen molar-refractivity contribution in [3.05, 3.63) is 90.1 Å². The second-order valence-corrected chi connectivity index (χ2v) is 5.15. The van der Waals surface area contributed by atoms with Crippen molar-refractivity contribution in [1.82, 2.24) is 4.98 Å². The monoisotopic (exact) mass is 345 g/mol. The predicted octanol–water partition coefficient (Wildman–Crippen LogP) is 4.34. The molecule has 3 aromatic rings. The van der Waals surface area contributed by atoms with Gasteiger partial charge in [0.15, 0.2) is 5.82 Å². The number of hydrogen-bond donors (Lipinski definition) is 2. The topological polar surface area (TPSA) is 99.3 Å². The van der Waals surface area contributed by atoms with Crippen LogP contribution in [0.1, 0.15) is 15.9 Å². The van der Waals surface area contributed by atoms with E-state index in [2.05, 4.69) is 25.7 Å². The third-order valence-electron chi connectivity index (χ3n) is 3.37. The molecule has 0 amide bonds. The summed E-state index contributed by atoms with van der Waals surface area (Å²) in [5.74, 6) is -0.293. The van der Waals surface area contributed by atoms with E-state index in [0.717, 1.165) is 5.56 Å². The number of nitrogens with one attached hydrogen (secondary N) is 1. The van der Waals surface area contributed by atoms with E-state index in [9.17, 15) is 9.90 Å². The van der Waals surface area contributed by atoms with Gasteiger partial charge in [0.25, 0.3) is 0 Å². The number of para-hydroxylation sites is 1. The van der Waals surface area contributed by atoms with E-state index >= 15 is 0 Å². The molecule has 128 valence electrons. The molecule has 0 saturated carbocycles. The first-order valence-corrected chi connectivity index (χ1v) is 7.78. The number of amidine groups is 1. The van der Waals surface area contributed by atoms with E-state index < -0.39 is 5.97 Å². The molecular weight excluding hydrogens is 330 g/mol. The van der Waals surface area contributed by atoms with Crippen LogP contribution in [-0.2, 0) is 0 Å². The van der Waals surface area contributed by atoms with Gasteiger partial charge >= 0.3 is 5.97 Å². The molecule has 2 aromatic carbocycles. The number of carboxylic acid groups (broad SMARTS) is 1. The SMILES string of the molecule is O=C(O)c1ccccc1N/N=C(/N=Nc1ccccn1)c1ccccc1. The summed E-state index contributed by atoms with van der Waals surface area (Å²) in [5, 5.41) is 21.7. The fraction of sp³-hybridized carbons (Fsp3) is 0. The molecule has 0 radical (unpaired) electrons. The van der Waals surface area contributed by atoms with Crippen LogP contribution in [0.15, 0.2) is 94.3 Å². The Kier molecular flexibility index (Phi) is 5.41. The Morgan fingerprint density at radius 3 is 2.38 bits per heavy atom. The maximum Gasteiger partial charge on any atom is 0.337 e. The summed E-state index contributed by atoms with van der Waals surface area (Å²) in [6, 6.07) is 21.1. The fourth-order valence-electron chi connectivity index (χ4n) is 2.12. The number of pyridine rings is 1. The van der Waals surface area contributed by atoms with Gasteiger partial charge in [-0.05, 0) is 24.3 Å². The van der Waals surface area contributed by atoms with Crippen molar-refractivity contribution >= 4 is 23.3 Å². The molecule has 3 rings (SSSR count). The Morgan fingerprint density at radius 1 is 0.923 bits per heavy atom. The average molecular weight is 345 g/mol. The number of carboxylic acids is 1. The van der Waals surface area contributed by atoms with Crippen molar-refractivity contribution in [2.24, 2.45) is 15.3 Å². The van der Waals surface area contributed by atoms with Crippen molar-refractivity contribution < 1.29 is 9.90 Å². The highest BCUT2D eigenvalue weighted by Gasteiger charge is 2.09. The Morgan fingerprint density at radius 2 is 1.65 bits per heavy atom. The van der Waals surface area contributed by atoms with E-state index in [1.54, 1.807) is 36.5 Å². The first-order chi connectivity index (χ1) is 12.7. The van der Waals surface area contributed by atoms with Crippen LogP contribution in [0.3, 0.4) is 0 Å². The second-order valence-electron chi connectivity index (χ2n) is 5.15. The van der Waals surface area contributed by atoms with Crippen LogP contribution in [0.2, 0.25) is 0 Å². The van der Waals surface area contributed by atoms with Gasteiger partial charge in [-0.2, -0.15) is 5.10 Å². The quantitative estimate of drug-likeness (QED) is 0.311. The number of aromatic nitrogens is 1. The number of rotatable bonds is 5. The highest BCUT2D eigenvalue weighted by Crippen LogP contribution is 2.16. The summed E-state index contributed by atoms with van der Waals surface area (Å²) in [4.78, 5) is 15.4. The number of azo groups is 1. The molecule has 0 fully saturated rings. The van der Waals surface area contributed by atoms with Gasteiger partial charge in [-0.1, -0.05) is 48.5 Å². The van der Waals surface area contributed by atoms with E-state index in [4.69, 9.17) is 0 Å². The highest BCUT2D eigenvalue weighted by molar-refractivity contribution is 6.00.